The summed E-state index contributed by atoms with van der Waals surface area (Å²) in [6.07, 6.45) is 0. The van der Waals surface area contributed by atoms with Crippen molar-refractivity contribution in [1.29, 1.82) is 0 Å². The van der Waals surface area contributed by atoms with E-state index >= 15 is 0 Å². The predicted molar refractivity (Wildman–Crippen MR) is 81.2 cm³/mol. The lowest BCUT2D eigenvalue weighted by molar-refractivity contribution is -0.118. The fraction of sp³-hybridized carbons (Fsp3) is 0.133. The molecule has 1 amide bonds. The minimum atomic E-state index is -0.234. The summed E-state index contributed by atoms with van der Waals surface area (Å²) < 4.78 is 5.35. The van der Waals surface area contributed by atoms with Crippen LogP contribution in [0, 0.1) is 6.92 Å². The molecule has 0 unspecified atom stereocenters. The molecule has 0 aliphatic heterocycles. The number of amides is 1. The van der Waals surface area contributed by atoms with Crippen molar-refractivity contribution in [3.05, 3.63) is 53.1 Å². The number of ether oxygens (including phenoxy) is 1. The lowest BCUT2D eigenvalue weighted by atomic mass is 10.2. The zero-order valence-corrected chi connectivity index (χ0v) is 11.8. The Bertz CT molecular complexity index is 612. The second-order valence-corrected chi connectivity index (χ2v) is 4.79. The zero-order chi connectivity index (χ0) is 14.5. The first-order valence-electron chi connectivity index (χ1n) is 6.09. The molecule has 0 heterocycles. The van der Waals surface area contributed by atoms with Crippen molar-refractivity contribution in [2.45, 2.75) is 6.92 Å². The molecular formula is C15H15ClN2O2. The highest BCUT2D eigenvalue weighted by Gasteiger charge is 2.05. The second-order valence-electron chi connectivity index (χ2n) is 4.39. The molecule has 0 aromatic heterocycles. The first kappa shape index (κ1) is 14.2. The van der Waals surface area contributed by atoms with Crippen LogP contribution < -0.4 is 15.8 Å². The molecule has 104 valence electrons. The fourth-order valence-corrected chi connectivity index (χ4v) is 1.75. The molecular weight excluding hydrogens is 276 g/mol. The van der Waals surface area contributed by atoms with Gasteiger partial charge in [0, 0.05) is 11.8 Å². The van der Waals surface area contributed by atoms with Crippen LogP contribution in [0.1, 0.15) is 5.56 Å². The van der Waals surface area contributed by atoms with E-state index in [-0.39, 0.29) is 12.5 Å². The van der Waals surface area contributed by atoms with Gasteiger partial charge in [-0.15, -0.1) is 0 Å². The smallest absolute Gasteiger partial charge is 0.262 e. The molecule has 0 radical (unpaired) electrons. The van der Waals surface area contributed by atoms with Gasteiger partial charge < -0.3 is 15.8 Å². The van der Waals surface area contributed by atoms with E-state index in [0.29, 0.717) is 16.5 Å². The number of hydrogen-bond acceptors (Lipinski definition) is 3. The van der Waals surface area contributed by atoms with Crippen molar-refractivity contribution >= 4 is 28.9 Å². The summed E-state index contributed by atoms with van der Waals surface area (Å²) in [5, 5.41) is 3.15. The quantitative estimate of drug-likeness (QED) is 0.850. The molecule has 2 aromatic carbocycles. The van der Waals surface area contributed by atoms with Crippen molar-refractivity contribution in [3.8, 4) is 5.75 Å². The third kappa shape index (κ3) is 3.90. The van der Waals surface area contributed by atoms with E-state index in [4.69, 9.17) is 22.1 Å². The van der Waals surface area contributed by atoms with Gasteiger partial charge in [-0.2, -0.15) is 0 Å². The molecule has 0 saturated heterocycles. The monoisotopic (exact) mass is 290 g/mol. The normalized spacial score (nSPS) is 10.1. The Morgan fingerprint density at radius 2 is 1.95 bits per heavy atom. The summed E-state index contributed by atoms with van der Waals surface area (Å²) in [7, 11) is 0. The molecule has 0 atom stereocenters. The number of nitrogen functional groups attached to an aromatic ring is 1. The predicted octanol–water partition coefficient (Wildman–Crippen LogP) is 3.25. The van der Waals surface area contributed by atoms with E-state index in [1.54, 1.807) is 18.2 Å². The Morgan fingerprint density at radius 1 is 1.25 bits per heavy atom. The van der Waals surface area contributed by atoms with E-state index < -0.39 is 0 Å². The maximum Gasteiger partial charge on any atom is 0.262 e. The highest BCUT2D eigenvalue weighted by atomic mass is 35.5. The topological polar surface area (TPSA) is 64.3 Å². The van der Waals surface area contributed by atoms with Crippen molar-refractivity contribution < 1.29 is 9.53 Å². The minimum absolute atomic E-state index is 0.0892. The Kier molecular flexibility index (Phi) is 4.48. The van der Waals surface area contributed by atoms with Gasteiger partial charge in [-0.3, -0.25) is 4.79 Å². The molecule has 20 heavy (non-hydrogen) atoms. The van der Waals surface area contributed by atoms with Crippen LogP contribution in [0.15, 0.2) is 42.5 Å². The summed E-state index contributed by atoms with van der Waals surface area (Å²) in [5.41, 5.74) is 7.94. The lowest BCUT2D eigenvalue weighted by Gasteiger charge is -2.08. The number of aryl methyl sites for hydroxylation is 1. The summed E-state index contributed by atoms with van der Waals surface area (Å²) in [6.45, 7) is 1.90. The first-order chi connectivity index (χ1) is 9.54. The molecule has 2 aromatic rings. The van der Waals surface area contributed by atoms with Crippen LogP contribution in [0.2, 0.25) is 5.02 Å². The van der Waals surface area contributed by atoms with Gasteiger partial charge >= 0.3 is 0 Å². The van der Waals surface area contributed by atoms with Crippen LogP contribution >= 0.6 is 11.6 Å². The van der Waals surface area contributed by atoms with Crippen LogP contribution in [0.3, 0.4) is 0 Å². The van der Waals surface area contributed by atoms with Crippen molar-refractivity contribution in [2.24, 2.45) is 0 Å². The fourth-order valence-electron chi connectivity index (χ4n) is 1.58. The summed E-state index contributed by atoms with van der Waals surface area (Å²) in [4.78, 5) is 11.7. The molecule has 2 rings (SSSR count). The summed E-state index contributed by atoms with van der Waals surface area (Å²) in [5.74, 6) is 0.269. The third-order valence-corrected chi connectivity index (χ3v) is 3.00. The van der Waals surface area contributed by atoms with Crippen molar-refractivity contribution in [2.75, 3.05) is 17.7 Å². The molecule has 0 bridgehead atoms. The Hall–Kier alpha value is -2.20. The average molecular weight is 291 g/mol. The van der Waals surface area contributed by atoms with Gasteiger partial charge in [-0.1, -0.05) is 29.3 Å². The maximum absolute atomic E-state index is 11.7. The second kappa shape index (κ2) is 6.30. The number of anilines is 2. The zero-order valence-electron chi connectivity index (χ0n) is 11.0. The van der Waals surface area contributed by atoms with Crippen LogP contribution in [-0.2, 0) is 4.79 Å². The minimum Gasteiger partial charge on any atom is -0.484 e. The number of halogens is 1. The molecule has 4 nitrogen and oxygen atoms in total. The van der Waals surface area contributed by atoms with Crippen LogP contribution in [0.5, 0.6) is 5.75 Å². The van der Waals surface area contributed by atoms with E-state index in [9.17, 15) is 4.79 Å². The average Bonchev–Trinajstić information content (AvgIpc) is 2.43. The number of benzene rings is 2. The van der Waals surface area contributed by atoms with E-state index in [2.05, 4.69) is 5.32 Å². The summed E-state index contributed by atoms with van der Waals surface area (Å²) in [6, 6.07) is 12.4. The number of hydrogen-bond donors (Lipinski definition) is 2. The Balaban J connectivity index is 1.88. The molecule has 0 saturated carbocycles. The molecule has 0 aliphatic rings. The third-order valence-electron chi connectivity index (χ3n) is 2.68. The van der Waals surface area contributed by atoms with Crippen LogP contribution in [0.4, 0.5) is 11.4 Å². The number of rotatable bonds is 4. The van der Waals surface area contributed by atoms with Gasteiger partial charge in [-0.25, -0.2) is 0 Å². The molecule has 0 aliphatic carbocycles. The highest BCUT2D eigenvalue weighted by Crippen LogP contribution is 2.24. The molecule has 0 spiro atoms. The van der Waals surface area contributed by atoms with Gasteiger partial charge in [0.25, 0.3) is 5.91 Å². The number of carbonyl (C=O) groups excluding carboxylic acids is 1. The van der Waals surface area contributed by atoms with Crippen molar-refractivity contribution in [1.82, 2.24) is 0 Å². The largest absolute Gasteiger partial charge is 0.484 e. The van der Waals surface area contributed by atoms with Crippen molar-refractivity contribution in [3.63, 3.8) is 0 Å². The Morgan fingerprint density at radius 3 is 2.60 bits per heavy atom. The van der Waals surface area contributed by atoms with Gasteiger partial charge in [-0.05, 0) is 31.2 Å². The highest BCUT2D eigenvalue weighted by molar-refractivity contribution is 6.33. The van der Waals surface area contributed by atoms with E-state index in [0.717, 1.165) is 11.3 Å². The van der Waals surface area contributed by atoms with Gasteiger partial charge in [0.05, 0.1) is 10.7 Å². The molecule has 5 heteroatoms. The Labute approximate surface area is 122 Å². The number of carbonyl (C=O) groups is 1. The number of nitrogens with one attached hydrogen (secondary N) is 1. The lowest BCUT2D eigenvalue weighted by Crippen LogP contribution is -2.20. The maximum atomic E-state index is 11.7. The van der Waals surface area contributed by atoms with Gasteiger partial charge in [0.15, 0.2) is 6.61 Å². The van der Waals surface area contributed by atoms with Crippen LogP contribution in [-0.4, -0.2) is 12.5 Å². The first-order valence-corrected chi connectivity index (χ1v) is 6.47. The summed E-state index contributed by atoms with van der Waals surface area (Å²) >= 11 is 5.87. The number of nitrogens with two attached hydrogens (primary N) is 1. The molecule has 0 fully saturated rings. The van der Waals surface area contributed by atoms with E-state index in [1.165, 1.54) is 0 Å². The standard InChI is InChI=1S/C15H15ClN2O2/c1-10-2-4-11(5-3-10)18-15(19)9-20-12-6-7-14(17)13(16)8-12/h2-8H,9,17H2,1H3,(H,18,19). The SMILES string of the molecule is Cc1ccc(NC(=O)COc2ccc(N)c(Cl)c2)cc1. The van der Waals surface area contributed by atoms with Gasteiger partial charge in [0.1, 0.15) is 5.75 Å². The van der Waals surface area contributed by atoms with Gasteiger partial charge in [0.2, 0.25) is 0 Å². The van der Waals surface area contributed by atoms with Crippen LogP contribution in [0.25, 0.3) is 0 Å². The molecule has 3 N–H and O–H groups in total. The van der Waals surface area contributed by atoms with E-state index in [1.807, 2.05) is 31.2 Å².